The van der Waals surface area contributed by atoms with Crippen LogP contribution in [0.15, 0.2) is 57.9 Å². The van der Waals surface area contributed by atoms with E-state index in [1.807, 2.05) is 0 Å². The summed E-state index contributed by atoms with van der Waals surface area (Å²) < 4.78 is 27.5. The molecule has 0 saturated carbocycles. The first-order chi connectivity index (χ1) is 11.9. The van der Waals surface area contributed by atoms with Crippen molar-refractivity contribution in [3.05, 3.63) is 58.6 Å². The number of hydrogen-bond acceptors (Lipinski definition) is 4. The molecule has 0 unspecified atom stereocenters. The molecule has 0 aromatic heterocycles. The molecule has 1 saturated heterocycles. The monoisotopic (exact) mass is 424 g/mol. The third kappa shape index (κ3) is 3.86. The molecule has 6 nitrogen and oxygen atoms in total. The lowest BCUT2D eigenvalue weighted by Crippen LogP contribution is -2.50. The Hall–Kier alpha value is -1.90. The molecule has 1 heterocycles. The van der Waals surface area contributed by atoms with E-state index in [1.54, 1.807) is 41.3 Å². The summed E-state index contributed by atoms with van der Waals surface area (Å²) in [5.74, 6) is -0.0670. The second-order valence-corrected chi connectivity index (χ2v) is 8.55. The third-order valence-electron chi connectivity index (χ3n) is 4.09. The molecule has 0 bridgehead atoms. The van der Waals surface area contributed by atoms with E-state index in [0.29, 0.717) is 18.7 Å². The minimum absolute atomic E-state index is 0.0990. The van der Waals surface area contributed by atoms with Crippen LogP contribution >= 0.6 is 15.9 Å². The van der Waals surface area contributed by atoms with Crippen LogP contribution in [-0.4, -0.2) is 54.8 Å². The number of halogens is 1. The van der Waals surface area contributed by atoms with Crippen molar-refractivity contribution in [2.75, 3.05) is 26.2 Å². The van der Waals surface area contributed by atoms with E-state index in [1.165, 1.54) is 16.4 Å². The van der Waals surface area contributed by atoms with Gasteiger partial charge in [0, 0.05) is 36.2 Å². The Labute approximate surface area is 154 Å². The average molecular weight is 425 g/mol. The van der Waals surface area contributed by atoms with Gasteiger partial charge in [0.1, 0.15) is 5.75 Å². The first-order valence-electron chi connectivity index (χ1n) is 7.72. The Bertz CT molecular complexity index is 859. The topological polar surface area (TPSA) is 77.9 Å². The van der Waals surface area contributed by atoms with E-state index >= 15 is 0 Å². The fourth-order valence-electron chi connectivity index (χ4n) is 2.67. The van der Waals surface area contributed by atoms with E-state index in [4.69, 9.17) is 0 Å². The number of piperazine rings is 1. The first kappa shape index (κ1) is 17.9. The summed E-state index contributed by atoms with van der Waals surface area (Å²) in [6.45, 7) is 1.16. The molecule has 3 rings (SSSR count). The van der Waals surface area contributed by atoms with Gasteiger partial charge in [0.15, 0.2) is 0 Å². The summed E-state index contributed by atoms with van der Waals surface area (Å²) in [6.07, 6.45) is 0. The van der Waals surface area contributed by atoms with Crippen LogP contribution in [0.4, 0.5) is 0 Å². The van der Waals surface area contributed by atoms with E-state index in [9.17, 15) is 18.3 Å². The second-order valence-electron chi connectivity index (χ2n) is 5.70. The number of phenols is 1. The molecular weight excluding hydrogens is 408 g/mol. The van der Waals surface area contributed by atoms with Crippen LogP contribution in [0.3, 0.4) is 0 Å². The number of rotatable bonds is 3. The zero-order valence-electron chi connectivity index (χ0n) is 13.3. The van der Waals surface area contributed by atoms with Crippen molar-refractivity contribution < 1.29 is 18.3 Å². The molecule has 0 atom stereocenters. The Morgan fingerprint density at radius 2 is 1.48 bits per heavy atom. The highest BCUT2D eigenvalue weighted by molar-refractivity contribution is 9.10. The Balaban J connectivity index is 1.68. The summed E-state index contributed by atoms with van der Waals surface area (Å²) in [7, 11) is -3.56. The largest absolute Gasteiger partial charge is 0.508 e. The van der Waals surface area contributed by atoms with E-state index in [2.05, 4.69) is 15.9 Å². The molecule has 2 aromatic carbocycles. The van der Waals surface area contributed by atoms with Gasteiger partial charge in [-0.2, -0.15) is 4.31 Å². The Morgan fingerprint density at radius 3 is 2.04 bits per heavy atom. The maximum atomic E-state index is 12.7. The molecule has 25 heavy (non-hydrogen) atoms. The first-order valence-corrected chi connectivity index (χ1v) is 9.95. The van der Waals surface area contributed by atoms with Gasteiger partial charge >= 0.3 is 0 Å². The number of carbonyl (C=O) groups excluding carboxylic acids is 1. The molecule has 0 radical (unpaired) electrons. The lowest BCUT2D eigenvalue weighted by Gasteiger charge is -2.34. The van der Waals surface area contributed by atoms with Crippen LogP contribution in [-0.2, 0) is 10.0 Å². The van der Waals surface area contributed by atoms with Gasteiger partial charge in [-0.1, -0.05) is 15.9 Å². The lowest BCUT2D eigenvalue weighted by molar-refractivity contribution is 0.0698. The molecule has 1 fully saturated rings. The van der Waals surface area contributed by atoms with Crippen molar-refractivity contribution in [1.29, 1.82) is 0 Å². The van der Waals surface area contributed by atoms with E-state index in [0.717, 1.165) is 4.47 Å². The zero-order valence-corrected chi connectivity index (χ0v) is 15.7. The summed E-state index contributed by atoms with van der Waals surface area (Å²) in [6, 6.07) is 12.5. The third-order valence-corrected chi connectivity index (χ3v) is 6.53. The van der Waals surface area contributed by atoms with Crippen LogP contribution < -0.4 is 0 Å². The Kier molecular flexibility index (Phi) is 5.12. The highest BCUT2D eigenvalue weighted by Crippen LogP contribution is 2.21. The minimum atomic E-state index is -3.56. The molecule has 1 N–H and O–H groups in total. The van der Waals surface area contributed by atoms with Gasteiger partial charge in [-0.15, -0.1) is 0 Å². The van der Waals surface area contributed by atoms with Crippen LogP contribution in [0.25, 0.3) is 0 Å². The number of aromatic hydroxyl groups is 1. The standard InChI is InChI=1S/C17H17BrN2O4S/c18-14-3-7-16(8-4-14)25(23,24)20-11-9-19(10-12-20)17(22)13-1-5-15(21)6-2-13/h1-8,21H,9-12H2. The summed E-state index contributed by atoms with van der Waals surface area (Å²) >= 11 is 3.29. The summed E-state index contributed by atoms with van der Waals surface area (Å²) in [5, 5.41) is 9.30. The summed E-state index contributed by atoms with van der Waals surface area (Å²) in [5.41, 5.74) is 0.474. The molecule has 8 heteroatoms. The van der Waals surface area contributed by atoms with Gasteiger partial charge in [0.2, 0.25) is 10.0 Å². The van der Waals surface area contributed by atoms with Crippen molar-refractivity contribution in [1.82, 2.24) is 9.21 Å². The van der Waals surface area contributed by atoms with Gasteiger partial charge in [0.25, 0.3) is 5.91 Å². The number of carbonyl (C=O) groups is 1. The SMILES string of the molecule is O=C(c1ccc(O)cc1)N1CCN(S(=O)(=O)c2ccc(Br)cc2)CC1. The predicted octanol–water partition coefficient (Wildman–Crippen LogP) is 2.30. The second kappa shape index (κ2) is 7.15. The van der Waals surface area contributed by atoms with Crippen LogP contribution in [0, 0.1) is 0 Å². The summed E-state index contributed by atoms with van der Waals surface area (Å²) in [4.78, 5) is 14.3. The molecule has 132 valence electrons. The average Bonchev–Trinajstić information content (AvgIpc) is 2.62. The molecular formula is C17H17BrN2O4S. The maximum Gasteiger partial charge on any atom is 0.253 e. The maximum absolute atomic E-state index is 12.7. The van der Waals surface area contributed by atoms with Gasteiger partial charge < -0.3 is 10.0 Å². The van der Waals surface area contributed by atoms with Crippen molar-refractivity contribution >= 4 is 31.9 Å². The van der Waals surface area contributed by atoms with Crippen molar-refractivity contribution in [3.63, 3.8) is 0 Å². The number of nitrogens with zero attached hydrogens (tertiary/aromatic N) is 2. The van der Waals surface area contributed by atoms with Gasteiger partial charge in [-0.05, 0) is 48.5 Å². The van der Waals surface area contributed by atoms with E-state index in [-0.39, 0.29) is 29.6 Å². The fraction of sp³-hybridized carbons (Fsp3) is 0.235. The van der Waals surface area contributed by atoms with Crippen molar-refractivity contribution in [2.24, 2.45) is 0 Å². The van der Waals surface area contributed by atoms with E-state index < -0.39 is 10.0 Å². The lowest BCUT2D eigenvalue weighted by atomic mass is 10.2. The highest BCUT2D eigenvalue weighted by Gasteiger charge is 2.30. The molecule has 1 aliphatic heterocycles. The molecule has 2 aromatic rings. The normalized spacial score (nSPS) is 16.0. The minimum Gasteiger partial charge on any atom is -0.508 e. The number of benzene rings is 2. The number of sulfonamides is 1. The fourth-order valence-corrected chi connectivity index (χ4v) is 4.36. The molecule has 1 aliphatic rings. The quantitative estimate of drug-likeness (QED) is 0.819. The number of amides is 1. The number of phenolic OH excluding ortho intramolecular Hbond substituents is 1. The molecule has 0 aliphatic carbocycles. The van der Waals surface area contributed by atoms with Crippen molar-refractivity contribution in [2.45, 2.75) is 4.90 Å². The van der Waals surface area contributed by atoms with Gasteiger partial charge in [-0.25, -0.2) is 8.42 Å². The van der Waals surface area contributed by atoms with Gasteiger partial charge in [-0.3, -0.25) is 4.79 Å². The Morgan fingerprint density at radius 1 is 0.920 bits per heavy atom. The molecule has 0 spiro atoms. The van der Waals surface area contributed by atoms with Gasteiger partial charge in [0.05, 0.1) is 4.90 Å². The van der Waals surface area contributed by atoms with Crippen LogP contribution in [0.5, 0.6) is 5.75 Å². The zero-order chi connectivity index (χ0) is 18.0. The molecule has 1 amide bonds. The van der Waals surface area contributed by atoms with Crippen molar-refractivity contribution in [3.8, 4) is 5.75 Å². The highest BCUT2D eigenvalue weighted by atomic mass is 79.9. The predicted molar refractivity (Wildman–Crippen MR) is 96.9 cm³/mol. The van der Waals surface area contributed by atoms with Crippen LogP contribution in [0.1, 0.15) is 10.4 Å². The smallest absolute Gasteiger partial charge is 0.253 e. The number of hydrogen-bond donors (Lipinski definition) is 1. The van der Waals surface area contributed by atoms with Crippen LogP contribution in [0.2, 0.25) is 0 Å².